The largest absolute Gasteiger partial charge is 0.368 e. The van der Waals surface area contributed by atoms with Gasteiger partial charge in [-0.3, -0.25) is 14.9 Å². The predicted octanol–water partition coefficient (Wildman–Crippen LogP) is 3.17. The number of hydrogen-bond donors (Lipinski definition) is 0. The molecule has 0 N–H and O–H groups in total. The standard InChI is InChI=1S/C19H21N3O3/c1-14-5-3-6-15(2)18(14)20-9-11-21(12-10-20)19(23)16-7-4-8-17(13-16)22(24)25/h3-8,13H,9-12H2,1-2H3. The van der Waals surface area contributed by atoms with Gasteiger partial charge in [0.15, 0.2) is 0 Å². The lowest BCUT2D eigenvalue weighted by atomic mass is 10.1. The number of piperazine rings is 1. The second-order valence-corrected chi connectivity index (χ2v) is 6.33. The van der Waals surface area contributed by atoms with Crippen molar-refractivity contribution in [1.29, 1.82) is 0 Å². The molecule has 1 aliphatic heterocycles. The lowest BCUT2D eigenvalue weighted by Crippen LogP contribution is -2.49. The van der Waals surface area contributed by atoms with Crippen LogP contribution in [0.3, 0.4) is 0 Å². The minimum absolute atomic E-state index is 0.0555. The molecule has 3 rings (SSSR count). The van der Waals surface area contributed by atoms with Gasteiger partial charge in [-0.1, -0.05) is 24.3 Å². The van der Waals surface area contributed by atoms with Crippen LogP contribution in [-0.2, 0) is 0 Å². The fourth-order valence-electron chi connectivity index (χ4n) is 3.37. The van der Waals surface area contributed by atoms with E-state index < -0.39 is 4.92 Å². The summed E-state index contributed by atoms with van der Waals surface area (Å²) in [5, 5.41) is 10.9. The summed E-state index contributed by atoms with van der Waals surface area (Å²) in [6, 6.07) is 12.2. The van der Waals surface area contributed by atoms with Crippen molar-refractivity contribution in [3.63, 3.8) is 0 Å². The maximum Gasteiger partial charge on any atom is 0.270 e. The fourth-order valence-corrected chi connectivity index (χ4v) is 3.37. The van der Waals surface area contributed by atoms with Crippen LogP contribution in [0.1, 0.15) is 21.5 Å². The number of nitro groups is 1. The van der Waals surface area contributed by atoms with E-state index >= 15 is 0 Å². The van der Waals surface area contributed by atoms with Crippen molar-refractivity contribution in [3.05, 3.63) is 69.3 Å². The second kappa shape index (κ2) is 6.93. The molecule has 6 heteroatoms. The van der Waals surface area contributed by atoms with Crippen LogP contribution in [0.15, 0.2) is 42.5 Å². The first-order chi connectivity index (χ1) is 12.0. The van der Waals surface area contributed by atoms with Crippen LogP contribution in [0, 0.1) is 24.0 Å². The zero-order valence-electron chi connectivity index (χ0n) is 14.4. The molecular formula is C19H21N3O3. The average molecular weight is 339 g/mol. The number of non-ortho nitro benzene ring substituents is 1. The summed E-state index contributed by atoms with van der Waals surface area (Å²) in [6.07, 6.45) is 0. The van der Waals surface area contributed by atoms with E-state index in [4.69, 9.17) is 0 Å². The Morgan fingerprint density at radius 1 is 1.00 bits per heavy atom. The van der Waals surface area contributed by atoms with E-state index in [2.05, 4.69) is 36.9 Å². The Hall–Kier alpha value is -2.89. The average Bonchev–Trinajstić information content (AvgIpc) is 2.61. The summed E-state index contributed by atoms with van der Waals surface area (Å²) in [7, 11) is 0. The molecule has 0 spiro atoms. The number of aryl methyl sites for hydroxylation is 2. The molecule has 0 aliphatic carbocycles. The number of rotatable bonds is 3. The van der Waals surface area contributed by atoms with Gasteiger partial charge in [0, 0.05) is 49.6 Å². The molecule has 130 valence electrons. The first-order valence-corrected chi connectivity index (χ1v) is 8.32. The second-order valence-electron chi connectivity index (χ2n) is 6.33. The monoisotopic (exact) mass is 339 g/mol. The lowest BCUT2D eigenvalue weighted by molar-refractivity contribution is -0.384. The molecule has 1 saturated heterocycles. The SMILES string of the molecule is Cc1cccc(C)c1N1CCN(C(=O)c2cccc([N+](=O)[O-])c2)CC1. The van der Waals surface area contributed by atoms with Gasteiger partial charge in [0.25, 0.3) is 11.6 Å². The summed E-state index contributed by atoms with van der Waals surface area (Å²) in [5.74, 6) is -0.148. The minimum Gasteiger partial charge on any atom is -0.368 e. The topological polar surface area (TPSA) is 66.7 Å². The molecule has 0 saturated carbocycles. The molecule has 6 nitrogen and oxygen atoms in total. The number of nitro benzene ring substituents is 1. The van der Waals surface area contributed by atoms with Crippen molar-refractivity contribution in [3.8, 4) is 0 Å². The van der Waals surface area contributed by atoms with Gasteiger partial charge in [-0.2, -0.15) is 0 Å². The molecule has 2 aromatic carbocycles. The van der Waals surface area contributed by atoms with Crippen LogP contribution in [0.5, 0.6) is 0 Å². The van der Waals surface area contributed by atoms with E-state index in [9.17, 15) is 14.9 Å². The van der Waals surface area contributed by atoms with E-state index in [-0.39, 0.29) is 11.6 Å². The quantitative estimate of drug-likeness (QED) is 0.636. The van der Waals surface area contributed by atoms with Gasteiger partial charge >= 0.3 is 0 Å². The molecule has 1 amide bonds. The third-order valence-corrected chi connectivity index (χ3v) is 4.63. The third kappa shape index (κ3) is 3.47. The van der Waals surface area contributed by atoms with Crippen LogP contribution in [0.4, 0.5) is 11.4 Å². The molecule has 0 bridgehead atoms. The molecule has 0 radical (unpaired) electrons. The van der Waals surface area contributed by atoms with Crippen molar-refractivity contribution in [1.82, 2.24) is 4.90 Å². The van der Waals surface area contributed by atoms with Crippen LogP contribution < -0.4 is 4.90 Å². The molecule has 2 aromatic rings. The number of carbonyl (C=O) groups excluding carboxylic acids is 1. The summed E-state index contributed by atoms with van der Waals surface area (Å²) >= 11 is 0. The molecule has 25 heavy (non-hydrogen) atoms. The molecular weight excluding hydrogens is 318 g/mol. The van der Waals surface area contributed by atoms with Crippen molar-refractivity contribution >= 4 is 17.3 Å². The van der Waals surface area contributed by atoms with Gasteiger partial charge in [-0.05, 0) is 31.0 Å². The van der Waals surface area contributed by atoms with Gasteiger partial charge in [-0.25, -0.2) is 0 Å². The maximum atomic E-state index is 12.6. The summed E-state index contributed by atoms with van der Waals surface area (Å²) in [4.78, 5) is 27.1. The van der Waals surface area contributed by atoms with Crippen molar-refractivity contribution in [2.24, 2.45) is 0 Å². The molecule has 1 fully saturated rings. The fraction of sp³-hybridized carbons (Fsp3) is 0.316. The van der Waals surface area contributed by atoms with Crippen molar-refractivity contribution < 1.29 is 9.72 Å². The molecule has 1 heterocycles. The highest BCUT2D eigenvalue weighted by Gasteiger charge is 2.24. The first-order valence-electron chi connectivity index (χ1n) is 8.32. The van der Waals surface area contributed by atoms with Gasteiger partial charge in [0.05, 0.1) is 4.92 Å². The number of nitrogens with zero attached hydrogens (tertiary/aromatic N) is 3. The highest BCUT2D eigenvalue weighted by Crippen LogP contribution is 2.26. The van der Waals surface area contributed by atoms with Gasteiger partial charge in [0.1, 0.15) is 0 Å². The molecule has 0 aromatic heterocycles. The van der Waals surface area contributed by atoms with Crippen LogP contribution in [-0.4, -0.2) is 41.9 Å². The molecule has 1 aliphatic rings. The van der Waals surface area contributed by atoms with Crippen molar-refractivity contribution in [2.45, 2.75) is 13.8 Å². The highest BCUT2D eigenvalue weighted by atomic mass is 16.6. The normalized spacial score (nSPS) is 14.5. The zero-order valence-corrected chi connectivity index (χ0v) is 14.4. The summed E-state index contributed by atoms with van der Waals surface area (Å²) in [6.45, 7) is 6.93. The van der Waals surface area contributed by atoms with Gasteiger partial charge in [-0.15, -0.1) is 0 Å². The Balaban J connectivity index is 1.71. The predicted molar refractivity (Wildman–Crippen MR) is 97.1 cm³/mol. The van der Waals surface area contributed by atoms with E-state index in [1.54, 1.807) is 17.0 Å². The van der Waals surface area contributed by atoms with E-state index in [0.717, 1.165) is 13.1 Å². The van der Waals surface area contributed by atoms with E-state index in [0.29, 0.717) is 18.7 Å². The highest BCUT2D eigenvalue weighted by molar-refractivity contribution is 5.95. The van der Waals surface area contributed by atoms with E-state index in [1.165, 1.54) is 28.9 Å². The van der Waals surface area contributed by atoms with Crippen LogP contribution in [0.2, 0.25) is 0 Å². The van der Waals surface area contributed by atoms with Gasteiger partial charge < -0.3 is 9.80 Å². The Morgan fingerprint density at radius 2 is 1.60 bits per heavy atom. The minimum atomic E-state index is -0.477. The first kappa shape index (κ1) is 17.0. The Labute approximate surface area is 146 Å². The van der Waals surface area contributed by atoms with E-state index in [1.807, 2.05) is 0 Å². The summed E-state index contributed by atoms with van der Waals surface area (Å²) in [5.41, 5.74) is 4.02. The smallest absolute Gasteiger partial charge is 0.270 e. The Kier molecular flexibility index (Phi) is 4.70. The number of carbonyl (C=O) groups is 1. The molecule has 0 atom stereocenters. The zero-order chi connectivity index (χ0) is 18.0. The number of benzene rings is 2. The number of amides is 1. The molecule has 0 unspecified atom stereocenters. The van der Waals surface area contributed by atoms with Crippen LogP contribution >= 0.6 is 0 Å². The lowest BCUT2D eigenvalue weighted by Gasteiger charge is -2.37. The Morgan fingerprint density at radius 3 is 2.20 bits per heavy atom. The number of para-hydroxylation sites is 1. The van der Waals surface area contributed by atoms with Crippen LogP contribution in [0.25, 0.3) is 0 Å². The van der Waals surface area contributed by atoms with Crippen molar-refractivity contribution in [2.75, 3.05) is 31.1 Å². The number of hydrogen-bond acceptors (Lipinski definition) is 4. The maximum absolute atomic E-state index is 12.6. The number of anilines is 1. The van der Waals surface area contributed by atoms with Gasteiger partial charge in [0.2, 0.25) is 0 Å². The summed E-state index contributed by atoms with van der Waals surface area (Å²) < 4.78 is 0. The third-order valence-electron chi connectivity index (χ3n) is 4.63. The Bertz CT molecular complexity index is 791.